The molecule has 0 saturated heterocycles. The van der Waals surface area contributed by atoms with Crippen molar-refractivity contribution in [2.75, 3.05) is 0 Å². The van der Waals surface area contributed by atoms with E-state index in [1.54, 1.807) is 23.1 Å². The lowest BCUT2D eigenvalue weighted by Gasteiger charge is -1.99. The average molecular weight is 289 g/mol. The number of hydrogen-bond acceptors (Lipinski definition) is 4. The van der Waals surface area contributed by atoms with Gasteiger partial charge >= 0.3 is 0 Å². The summed E-state index contributed by atoms with van der Waals surface area (Å²) in [5, 5.41) is 4.43. The Labute approximate surface area is 120 Å². The Morgan fingerprint density at radius 2 is 2.32 bits per heavy atom. The highest BCUT2D eigenvalue weighted by atomic mass is 32.2. The predicted octanol–water partition coefficient (Wildman–Crippen LogP) is 4.04. The van der Waals surface area contributed by atoms with Gasteiger partial charge in [-0.25, -0.2) is 9.97 Å². The Hall–Kier alpha value is -1.33. The minimum Gasteiger partial charge on any atom is -0.295 e. The minimum absolute atomic E-state index is 0.883. The quantitative estimate of drug-likeness (QED) is 0.664. The summed E-state index contributed by atoms with van der Waals surface area (Å²) in [6.07, 6.45) is 6.20. The topological polar surface area (TPSA) is 30.2 Å². The van der Waals surface area contributed by atoms with Crippen LogP contribution in [0.3, 0.4) is 0 Å². The van der Waals surface area contributed by atoms with Crippen molar-refractivity contribution in [2.24, 2.45) is 0 Å². The van der Waals surface area contributed by atoms with Gasteiger partial charge in [0.1, 0.15) is 0 Å². The maximum atomic E-state index is 4.64. The molecule has 0 aliphatic heterocycles. The fourth-order valence-corrected chi connectivity index (χ4v) is 3.77. The van der Waals surface area contributed by atoms with E-state index < -0.39 is 0 Å². The van der Waals surface area contributed by atoms with Crippen LogP contribution in [-0.4, -0.2) is 14.4 Å². The van der Waals surface area contributed by atoms with Gasteiger partial charge in [0, 0.05) is 17.3 Å². The Morgan fingerprint density at radius 3 is 3.21 bits per heavy atom. The lowest BCUT2D eigenvalue weighted by Crippen LogP contribution is -1.88. The summed E-state index contributed by atoms with van der Waals surface area (Å²) < 4.78 is 2.12. The van der Waals surface area contributed by atoms with Gasteiger partial charge in [0.25, 0.3) is 0 Å². The molecule has 3 heterocycles. The van der Waals surface area contributed by atoms with E-state index in [-0.39, 0.29) is 0 Å². The molecule has 0 atom stereocenters. The SMILES string of the molecule is CCCc1nc(CSc2ncc3ccccn23)cs1. The van der Waals surface area contributed by atoms with Crippen molar-refractivity contribution in [3.8, 4) is 0 Å². The molecule has 0 unspecified atom stereocenters. The van der Waals surface area contributed by atoms with Gasteiger partial charge < -0.3 is 0 Å². The van der Waals surface area contributed by atoms with Crippen LogP contribution in [0.4, 0.5) is 0 Å². The van der Waals surface area contributed by atoms with Crippen molar-refractivity contribution in [3.63, 3.8) is 0 Å². The summed E-state index contributed by atoms with van der Waals surface area (Å²) in [6.45, 7) is 2.19. The molecule has 0 spiro atoms. The number of aromatic nitrogens is 3. The van der Waals surface area contributed by atoms with E-state index in [0.29, 0.717) is 0 Å². The van der Waals surface area contributed by atoms with E-state index in [9.17, 15) is 0 Å². The standard InChI is InChI=1S/C14H15N3S2/c1-2-5-13-16-11(9-18-13)10-19-14-15-8-12-6-3-4-7-17(12)14/h3-4,6-9H,2,5,10H2,1H3. The Morgan fingerprint density at radius 1 is 1.37 bits per heavy atom. The van der Waals surface area contributed by atoms with Crippen LogP contribution in [-0.2, 0) is 12.2 Å². The molecule has 0 saturated carbocycles. The van der Waals surface area contributed by atoms with E-state index in [1.165, 1.54) is 5.01 Å². The second-order valence-corrected chi connectivity index (χ2v) is 6.19. The van der Waals surface area contributed by atoms with Gasteiger partial charge in [0.15, 0.2) is 5.16 Å². The van der Waals surface area contributed by atoms with E-state index >= 15 is 0 Å². The number of nitrogens with zero attached hydrogens (tertiary/aromatic N) is 3. The first kappa shape index (κ1) is 12.7. The molecule has 3 rings (SSSR count). The molecule has 98 valence electrons. The van der Waals surface area contributed by atoms with Crippen LogP contribution in [0.1, 0.15) is 24.0 Å². The number of thiazole rings is 1. The van der Waals surface area contributed by atoms with Gasteiger partial charge in [-0.15, -0.1) is 11.3 Å². The summed E-state index contributed by atoms with van der Waals surface area (Å²) in [4.78, 5) is 9.10. The molecule has 19 heavy (non-hydrogen) atoms. The summed E-state index contributed by atoms with van der Waals surface area (Å²) in [5.41, 5.74) is 2.29. The lowest BCUT2D eigenvalue weighted by molar-refractivity contribution is 0.901. The van der Waals surface area contributed by atoms with Crippen LogP contribution < -0.4 is 0 Å². The molecule has 0 fully saturated rings. The fourth-order valence-electron chi connectivity index (χ4n) is 1.91. The Balaban J connectivity index is 1.71. The normalized spacial score (nSPS) is 11.2. The summed E-state index contributed by atoms with van der Waals surface area (Å²) >= 11 is 3.50. The first-order valence-corrected chi connectivity index (χ1v) is 8.21. The monoisotopic (exact) mass is 289 g/mol. The molecule has 0 bridgehead atoms. The third-order valence-electron chi connectivity index (χ3n) is 2.82. The number of fused-ring (bicyclic) bond motifs is 1. The average Bonchev–Trinajstić information content (AvgIpc) is 3.04. The zero-order valence-electron chi connectivity index (χ0n) is 10.7. The smallest absolute Gasteiger partial charge is 0.172 e. The number of imidazole rings is 1. The number of pyridine rings is 1. The number of rotatable bonds is 5. The molecular formula is C14H15N3S2. The van der Waals surface area contributed by atoms with Crippen molar-refractivity contribution in [2.45, 2.75) is 30.7 Å². The number of aryl methyl sites for hydroxylation is 1. The molecule has 0 radical (unpaired) electrons. The maximum absolute atomic E-state index is 4.64. The molecule has 0 amide bonds. The highest BCUT2D eigenvalue weighted by Gasteiger charge is 2.06. The van der Waals surface area contributed by atoms with Crippen molar-refractivity contribution in [3.05, 3.63) is 46.7 Å². The number of thioether (sulfide) groups is 1. The van der Waals surface area contributed by atoms with Gasteiger partial charge in [-0.05, 0) is 25.0 Å². The molecule has 0 N–H and O–H groups in total. The molecule has 5 heteroatoms. The van der Waals surface area contributed by atoms with E-state index in [0.717, 1.165) is 35.0 Å². The highest BCUT2D eigenvalue weighted by molar-refractivity contribution is 7.98. The van der Waals surface area contributed by atoms with Crippen LogP contribution in [0.25, 0.3) is 5.52 Å². The second kappa shape index (κ2) is 5.75. The van der Waals surface area contributed by atoms with Crippen molar-refractivity contribution in [1.82, 2.24) is 14.4 Å². The maximum Gasteiger partial charge on any atom is 0.172 e. The van der Waals surface area contributed by atoms with Crippen LogP contribution >= 0.6 is 23.1 Å². The molecule has 3 nitrogen and oxygen atoms in total. The lowest BCUT2D eigenvalue weighted by atomic mass is 10.3. The van der Waals surface area contributed by atoms with E-state index in [2.05, 4.69) is 32.7 Å². The molecule has 3 aromatic rings. The Kier molecular flexibility index (Phi) is 3.84. The Bertz CT molecular complexity index is 672. The van der Waals surface area contributed by atoms with E-state index in [1.807, 2.05) is 24.5 Å². The predicted molar refractivity (Wildman–Crippen MR) is 80.9 cm³/mol. The van der Waals surface area contributed by atoms with Gasteiger partial charge in [-0.3, -0.25) is 4.40 Å². The van der Waals surface area contributed by atoms with Crippen LogP contribution in [0.15, 0.2) is 41.1 Å². The number of hydrogen-bond donors (Lipinski definition) is 0. The van der Waals surface area contributed by atoms with Gasteiger partial charge in [0.05, 0.1) is 22.4 Å². The molecule has 0 aromatic carbocycles. The van der Waals surface area contributed by atoms with Crippen molar-refractivity contribution in [1.29, 1.82) is 0 Å². The molecule has 0 aliphatic carbocycles. The summed E-state index contributed by atoms with van der Waals surface area (Å²) in [6, 6.07) is 6.13. The zero-order valence-corrected chi connectivity index (χ0v) is 12.4. The third kappa shape index (κ3) is 2.82. The second-order valence-electron chi connectivity index (χ2n) is 4.31. The molecular weight excluding hydrogens is 274 g/mol. The largest absolute Gasteiger partial charge is 0.295 e. The minimum atomic E-state index is 0.883. The van der Waals surface area contributed by atoms with E-state index in [4.69, 9.17) is 0 Å². The molecule has 0 aliphatic rings. The summed E-state index contributed by atoms with van der Waals surface area (Å²) in [7, 11) is 0. The third-order valence-corrected chi connectivity index (χ3v) is 4.77. The van der Waals surface area contributed by atoms with Crippen molar-refractivity contribution < 1.29 is 0 Å². The summed E-state index contributed by atoms with van der Waals surface area (Å²) in [5.74, 6) is 0.883. The van der Waals surface area contributed by atoms with Crippen LogP contribution in [0.2, 0.25) is 0 Å². The van der Waals surface area contributed by atoms with Gasteiger partial charge in [-0.1, -0.05) is 24.8 Å². The highest BCUT2D eigenvalue weighted by Crippen LogP contribution is 2.23. The van der Waals surface area contributed by atoms with Crippen molar-refractivity contribution >= 4 is 28.6 Å². The first-order chi connectivity index (χ1) is 9.36. The fraction of sp³-hybridized carbons (Fsp3) is 0.286. The van der Waals surface area contributed by atoms with Crippen LogP contribution in [0.5, 0.6) is 0 Å². The molecule has 3 aromatic heterocycles. The van der Waals surface area contributed by atoms with Gasteiger partial charge in [0.2, 0.25) is 0 Å². The first-order valence-electron chi connectivity index (χ1n) is 6.35. The zero-order chi connectivity index (χ0) is 13.1. The van der Waals surface area contributed by atoms with Crippen LogP contribution in [0, 0.1) is 0 Å². The van der Waals surface area contributed by atoms with Gasteiger partial charge in [-0.2, -0.15) is 0 Å².